The van der Waals surface area contributed by atoms with Crippen LogP contribution in [0.5, 0.6) is 11.5 Å². The lowest BCUT2D eigenvalue weighted by molar-refractivity contribution is -0.384. The van der Waals surface area contributed by atoms with Crippen LogP contribution in [-0.2, 0) is 9.59 Å². The van der Waals surface area contributed by atoms with E-state index < -0.39 is 22.7 Å². The Labute approximate surface area is 177 Å². The zero-order chi connectivity index (χ0) is 22.4. The van der Waals surface area contributed by atoms with Gasteiger partial charge in [-0.2, -0.15) is 5.11 Å². The van der Waals surface area contributed by atoms with Gasteiger partial charge in [-0.15, -0.1) is 5.11 Å². The highest BCUT2D eigenvalue weighted by atomic mass is 35.5. The van der Waals surface area contributed by atoms with Gasteiger partial charge in [0.05, 0.1) is 29.9 Å². The van der Waals surface area contributed by atoms with Crippen molar-refractivity contribution in [2.75, 3.05) is 19.5 Å². The number of anilines is 1. The first kappa shape index (κ1) is 22.8. The molecular formula is C19H19ClN4O6. The average Bonchev–Trinajstić information content (AvgIpc) is 2.68. The molecule has 2 rings (SSSR count). The molecule has 0 aliphatic rings. The van der Waals surface area contributed by atoms with Crippen LogP contribution in [0.25, 0.3) is 0 Å². The highest BCUT2D eigenvalue weighted by molar-refractivity contribution is 6.33. The molecule has 2 aromatic carbocycles. The fourth-order valence-corrected chi connectivity index (χ4v) is 2.78. The van der Waals surface area contributed by atoms with Gasteiger partial charge in [-0.25, -0.2) is 0 Å². The number of aryl methyl sites for hydroxylation is 1. The van der Waals surface area contributed by atoms with Crippen molar-refractivity contribution in [1.82, 2.24) is 0 Å². The maximum atomic E-state index is 12.7. The van der Waals surface area contributed by atoms with Crippen LogP contribution < -0.4 is 14.8 Å². The van der Waals surface area contributed by atoms with E-state index in [0.717, 1.165) is 6.92 Å². The van der Waals surface area contributed by atoms with E-state index in [1.807, 2.05) is 0 Å². The molecule has 0 aliphatic heterocycles. The maximum absolute atomic E-state index is 12.7. The van der Waals surface area contributed by atoms with Gasteiger partial charge < -0.3 is 14.8 Å². The third-order valence-corrected chi connectivity index (χ3v) is 4.24. The lowest BCUT2D eigenvalue weighted by Gasteiger charge is -2.15. The van der Waals surface area contributed by atoms with E-state index in [2.05, 4.69) is 15.5 Å². The van der Waals surface area contributed by atoms with Gasteiger partial charge in [0, 0.05) is 18.2 Å². The van der Waals surface area contributed by atoms with E-state index in [-0.39, 0.29) is 27.8 Å². The molecule has 0 aliphatic carbocycles. The first-order valence-corrected chi connectivity index (χ1v) is 8.94. The molecule has 30 heavy (non-hydrogen) atoms. The number of ketones is 1. The quantitative estimate of drug-likeness (QED) is 0.285. The summed E-state index contributed by atoms with van der Waals surface area (Å²) in [7, 11) is 2.78. The van der Waals surface area contributed by atoms with Crippen LogP contribution in [0.3, 0.4) is 0 Å². The Morgan fingerprint density at radius 1 is 1.20 bits per heavy atom. The highest BCUT2D eigenvalue weighted by Gasteiger charge is 2.26. The number of nitro benzene ring substituents is 1. The number of hydrogen-bond donors (Lipinski definition) is 1. The summed E-state index contributed by atoms with van der Waals surface area (Å²) in [6, 6.07) is 5.72. The topological polar surface area (TPSA) is 132 Å². The lowest BCUT2D eigenvalue weighted by atomic mass is 10.2. The second-order valence-electron chi connectivity index (χ2n) is 6.16. The molecular weight excluding hydrogens is 416 g/mol. The van der Waals surface area contributed by atoms with Crippen molar-refractivity contribution >= 4 is 40.4 Å². The van der Waals surface area contributed by atoms with Crippen LogP contribution in [0.1, 0.15) is 12.5 Å². The minimum absolute atomic E-state index is 0.0772. The molecule has 11 heteroatoms. The number of nitro groups is 1. The second kappa shape index (κ2) is 9.79. The minimum Gasteiger partial charge on any atom is -0.497 e. The van der Waals surface area contributed by atoms with E-state index in [9.17, 15) is 19.7 Å². The molecule has 1 atom stereocenters. The van der Waals surface area contributed by atoms with Gasteiger partial charge in [0.25, 0.3) is 11.6 Å². The van der Waals surface area contributed by atoms with Gasteiger partial charge in [0.15, 0.2) is 17.2 Å². The number of Topliss-reactive ketones (excluding diaryl/α,β-unsaturated/α-hetero) is 1. The third-order valence-electron chi connectivity index (χ3n) is 3.96. The maximum Gasteiger partial charge on any atom is 0.296 e. The minimum atomic E-state index is -1.54. The first-order chi connectivity index (χ1) is 14.2. The Morgan fingerprint density at radius 2 is 1.90 bits per heavy atom. The Balaban J connectivity index is 2.35. The van der Waals surface area contributed by atoms with E-state index in [1.165, 1.54) is 38.5 Å². The van der Waals surface area contributed by atoms with Crippen molar-refractivity contribution in [1.29, 1.82) is 0 Å². The zero-order valence-electron chi connectivity index (χ0n) is 16.6. The van der Waals surface area contributed by atoms with Crippen LogP contribution in [0.2, 0.25) is 5.02 Å². The number of nitrogens with zero attached hydrogens (tertiary/aromatic N) is 3. The predicted octanol–water partition coefficient (Wildman–Crippen LogP) is 4.25. The molecule has 0 aromatic heterocycles. The van der Waals surface area contributed by atoms with Gasteiger partial charge >= 0.3 is 0 Å². The first-order valence-electron chi connectivity index (χ1n) is 8.56. The van der Waals surface area contributed by atoms with Gasteiger partial charge in [0.2, 0.25) is 6.04 Å². The number of carbonyl (C=O) groups is 2. The SMILES string of the molecule is COc1cc(Cl)c(OC)c(NC(=O)C(N=Nc2ccc(C)cc2[N+](=O)[O-])C(C)=O)c1. The molecule has 1 amide bonds. The Bertz CT molecular complexity index is 1020. The van der Waals surface area contributed by atoms with Crippen LogP contribution in [0.15, 0.2) is 40.6 Å². The molecule has 2 aromatic rings. The van der Waals surface area contributed by atoms with Gasteiger partial charge in [-0.1, -0.05) is 17.7 Å². The summed E-state index contributed by atoms with van der Waals surface area (Å²) in [6.07, 6.45) is 0. The lowest BCUT2D eigenvalue weighted by Crippen LogP contribution is -2.32. The Kier molecular flexibility index (Phi) is 7.43. The number of methoxy groups -OCH3 is 2. The number of nitrogens with one attached hydrogen (secondary N) is 1. The van der Waals surface area contributed by atoms with E-state index in [4.69, 9.17) is 21.1 Å². The molecule has 0 radical (unpaired) electrons. The number of hydrogen-bond acceptors (Lipinski definition) is 8. The molecule has 10 nitrogen and oxygen atoms in total. The van der Waals surface area contributed by atoms with Crippen molar-refractivity contribution < 1.29 is 24.0 Å². The summed E-state index contributed by atoms with van der Waals surface area (Å²) in [5, 5.41) is 21.4. The van der Waals surface area contributed by atoms with Crippen molar-refractivity contribution in [3.05, 3.63) is 51.0 Å². The molecule has 158 valence electrons. The Morgan fingerprint density at radius 3 is 2.47 bits per heavy atom. The largest absolute Gasteiger partial charge is 0.497 e. The number of amides is 1. The fourth-order valence-electron chi connectivity index (χ4n) is 2.49. The van der Waals surface area contributed by atoms with Crippen LogP contribution in [-0.4, -0.2) is 36.9 Å². The number of azo groups is 1. The molecule has 0 bridgehead atoms. The molecule has 0 saturated carbocycles. The normalized spacial score (nSPS) is 11.8. The predicted molar refractivity (Wildman–Crippen MR) is 110 cm³/mol. The highest BCUT2D eigenvalue weighted by Crippen LogP contribution is 2.37. The van der Waals surface area contributed by atoms with Gasteiger partial charge in [-0.05, 0) is 25.5 Å². The van der Waals surface area contributed by atoms with Crippen molar-refractivity contribution in [2.45, 2.75) is 19.9 Å². The van der Waals surface area contributed by atoms with E-state index >= 15 is 0 Å². The number of rotatable bonds is 8. The number of benzene rings is 2. The van der Waals surface area contributed by atoms with Crippen LogP contribution in [0.4, 0.5) is 17.1 Å². The van der Waals surface area contributed by atoms with Crippen molar-refractivity contribution in [3.63, 3.8) is 0 Å². The van der Waals surface area contributed by atoms with Crippen molar-refractivity contribution in [2.24, 2.45) is 10.2 Å². The zero-order valence-corrected chi connectivity index (χ0v) is 17.4. The van der Waals surface area contributed by atoms with Gasteiger partial charge in [0.1, 0.15) is 5.75 Å². The van der Waals surface area contributed by atoms with Crippen LogP contribution in [0, 0.1) is 17.0 Å². The second-order valence-corrected chi connectivity index (χ2v) is 6.56. The number of carbonyl (C=O) groups excluding carboxylic acids is 2. The van der Waals surface area contributed by atoms with Crippen LogP contribution >= 0.6 is 11.6 Å². The van der Waals surface area contributed by atoms with E-state index in [1.54, 1.807) is 13.0 Å². The molecule has 0 spiro atoms. The average molecular weight is 435 g/mol. The fraction of sp³-hybridized carbons (Fsp3) is 0.263. The molecule has 0 fully saturated rings. The molecule has 0 saturated heterocycles. The summed E-state index contributed by atoms with van der Waals surface area (Å²) in [6.45, 7) is 2.84. The molecule has 0 heterocycles. The smallest absolute Gasteiger partial charge is 0.296 e. The summed E-state index contributed by atoms with van der Waals surface area (Å²) < 4.78 is 10.3. The van der Waals surface area contributed by atoms with E-state index in [0.29, 0.717) is 11.3 Å². The van der Waals surface area contributed by atoms with Gasteiger partial charge in [-0.3, -0.25) is 19.7 Å². The summed E-state index contributed by atoms with van der Waals surface area (Å²) in [5.74, 6) is -0.908. The number of ether oxygens (including phenoxy) is 2. The standard InChI is InChI=1S/C19H19ClN4O6/c1-10-5-6-14(16(7-10)24(27)28)22-23-17(11(2)25)19(26)21-15-9-12(29-3)8-13(20)18(15)30-4/h5-9,17H,1-4H3,(H,21,26). The molecule has 1 N–H and O–H groups in total. The number of halogens is 1. The monoisotopic (exact) mass is 434 g/mol. The third kappa shape index (κ3) is 5.29. The molecule has 1 unspecified atom stereocenters. The summed E-state index contributed by atoms with van der Waals surface area (Å²) >= 11 is 6.11. The Hall–Kier alpha value is -3.53. The van der Waals surface area contributed by atoms with Crippen molar-refractivity contribution in [3.8, 4) is 11.5 Å². The summed E-state index contributed by atoms with van der Waals surface area (Å²) in [4.78, 5) is 35.2. The summed E-state index contributed by atoms with van der Waals surface area (Å²) in [5.41, 5.74) is 0.451.